The zero-order chi connectivity index (χ0) is 19.7. The molecular formula is C20H15F2N3O2S. The summed E-state index contributed by atoms with van der Waals surface area (Å²) < 4.78 is 28.0. The Kier molecular flexibility index (Phi) is 4.95. The molecule has 2 N–H and O–H groups in total. The molecule has 0 aliphatic carbocycles. The number of aromatic nitrogens is 2. The van der Waals surface area contributed by atoms with Gasteiger partial charge in [-0.1, -0.05) is 48.2 Å². The molecule has 1 aromatic heterocycles. The van der Waals surface area contributed by atoms with E-state index >= 15 is 0 Å². The normalized spacial score (nSPS) is 15.8. The summed E-state index contributed by atoms with van der Waals surface area (Å²) in [7, 11) is 0. The van der Waals surface area contributed by atoms with Gasteiger partial charge >= 0.3 is 0 Å². The van der Waals surface area contributed by atoms with Gasteiger partial charge in [0.05, 0.1) is 5.56 Å². The molecular weight excluding hydrogens is 384 g/mol. The van der Waals surface area contributed by atoms with Gasteiger partial charge in [0.25, 0.3) is 5.56 Å². The summed E-state index contributed by atoms with van der Waals surface area (Å²) in [6, 6.07) is 12.4. The molecule has 3 aromatic rings. The van der Waals surface area contributed by atoms with Gasteiger partial charge in [0.15, 0.2) is 5.16 Å². The summed E-state index contributed by atoms with van der Waals surface area (Å²) in [6.45, 7) is 0. The van der Waals surface area contributed by atoms with Crippen LogP contribution in [-0.2, 0) is 10.5 Å². The van der Waals surface area contributed by atoms with Gasteiger partial charge < -0.3 is 10.3 Å². The molecule has 1 atom stereocenters. The lowest BCUT2D eigenvalue weighted by molar-refractivity contribution is -0.116. The SMILES string of the molecule is O=C1CC(c2ccccc2F)c2c(nc(SCc3ccccc3F)[nH]c2=O)N1. The Balaban J connectivity index is 1.68. The highest BCUT2D eigenvalue weighted by Gasteiger charge is 2.32. The van der Waals surface area contributed by atoms with Crippen molar-refractivity contribution in [3.63, 3.8) is 0 Å². The van der Waals surface area contributed by atoms with Crippen LogP contribution in [0.5, 0.6) is 0 Å². The highest BCUT2D eigenvalue weighted by Crippen LogP contribution is 2.35. The zero-order valence-electron chi connectivity index (χ0n) is 14.5. The molecule has 1 aliphatic heterocycles. The quantitative estimate of drug-likeness (QED) is 0.517. The largest absolute Gasteiger partial charge is 0.310 e. The Labute approximate surface area is 163 Å². The fourth-order valence-electron chi connectivity index (χ4n) is 3.20. The second kappa shape index (κ2) is 7.55. The van der Waals surface area contributed by atoms with E-state index in [0.29, 0.717) is 5.56 Å². The van der Waals surface area contributed by atoms with E-state index in [4.69, 9.17) is 0 Å². The molecule has 1 unspecified atom stereocenters. The zero-order valence-corrected chi connectivity index (χ0v) is 15.4. The molecule has 8 heteroatoms. The lowest BCUT2D eigenvalue weighted by Crippen LogP contribution is -2.31. The maximum absolute atomic E-state index is 14.2. The maximum atomic E-state index is 14.2. The second-order valence-corrected chi connectivity index (χ2v) is 7.30. The van der Waals surface area contributed by atoms with Crippen LogP contribution < -0.4 is 10.9 Å². The number of rotatable bonds is 4. The first-order valence-electron chi connectivity index (χ1n) is 8.57. The predicted octanol–water partition coefficient (Wildman–Crippen LogP) is 3.81. The number of amides is 1. The number of nitrogens with zero attached hydrogens (tertiary/aromatic N) is 1. The van der Waals surface area contributed by atoms with E-state index in [9.17, 15) is 18.4 Å². The van der Waals surface area contributed by atoms with Crippen molar-refractivity contribution in [2.24, 2.45) is 0 Å². The van der Waals surface area contributed by atoms with E-state index in [2.05, 4.69) is 15.3 Å². The molecule has 28 heavy (non-hydrogen) atoms. The molecule has 0 bridgehead atoms. The number of thioether (sulfide) groups is 1. The molecule has 2 heterocycles. The first kappa shape index (κ1) is 18.4. The molecule has 1 amide bonds. The van der Waals surface area contributed by atoms with Crippen molar-refractivity contribution < 1.29 is 13.6 Å². The second-order valence-electron chi connectivity index (χ2n) is 6.34. The summed E-state index contributed by atoms with van der Waals surface area (Å²) in [5.41, 5.74) is 0.521. The average Bonchev–Trinajstić information content (AvgIpc) is 2.67. The Morgan fingerprint density at radius 2 is 1.75 bits per heavy atom. The summed E-state index contributed by atoms with van der Waals surface area (Å²) >= 11 is 1.14. The number of nitrogens with one attached hydrogen (secondary N) is 2. The minimum Gasteiger partial charge on any atom is -0.310 e. The van der Waals surface area contributed by atoms with E-state index in [0.717, 1.165) is 11.8 Å². The summed E-state index contributed by atoms with van der Waals surface area (Å²) in [5, 5.41) is 2.84. The van der Waals surface area contributed by atoms with Gasteiger partial charge in [0.1, 0.15) is 17.5 Å². The van der Waals surface area contributed by atoms with Gasteiger partial charge in [-0.2, -0.15) is 0 Å². The lowest BCUT2D eigenvalue weighted by atomic mass is 9.86. The number of halogens is 2. The van der Waals surface area contributed by atoms with Crippen molar-refractivity contribution in [1.82, 2.24) is 9.97 Å². The van der Waals surface area contributed by atoms with Crippen LogP contribution >= 0.6 is 11.8 Å². The molecule has 0 radical (unpaired) electrons. The van der Waals surface area contributed by atoms with Gasteiger partial charge in [-0.05, 0) is 23.3 Å². The smallest absolute Gasteiger partial charge is 0.257 e. The Morgan fingerprint density at radius 3 is 2.50 bits per heavy atom. The van der Waals surface area contributed by atoms with Crippen molar-refractivity contribution in [3.8, 4) is 0 Å². The summed E-state index contributed by atoms with van der Waals surface area (Å²) in [4.78, 5) is 31.8. The van der Waals surface area contributed by atoms with Gasteiger partial charge in [-0.25, -0.2) is 13.8 Å². The van der Waals surface area contributed by atoms with Gasteiger partial charge in [-0.3, -0.25) is 9.59 Å². The van der Waals surface area contributed by atoms with Crippen LogP contribution in [0.15, 0.2) is 58.5 Å². The highest BCUT2D eigenvalue weighted by molar-refractivity contribution is 7.98. The monoisotopic (exact) mass is 399 g/mol. The van der Waals surface area contributed by atoms with Gasteiger partial charge in [-0.15, -0.1) is 0 Å². The third-order valence-corrected chi connectivity index (χ3v) is 5.45. The van der Waals surface area contributed by atoms with E-state index in [1.165, 1.54) is 12.1 Å². The van der Waals surface area contributed by atoms with Crippen molar-refractivity contribution >= 4 is 23.5 Å². The number of hydrogen-bond acceptors (Lipinski definition) is 4. The molecule has 1 aliphatic rings. The predicted molar refractivity (Wildman–Crippen MR) is 102 cm³/mol. The fraction of sp³-hybridized carbons (Fsp3) is 0.150. The standard InChI is InChI=1S/C20H15F2N3O2S/c21-14-7-3-1-5-11(14)10-28-20-24-18-17(19(27)25-20)13(9-16(26)23-18)12-6-2-4-8-15(12)22/h1-8,13H,9-10H2,(H2,23,24,25,26,27). The number of carbonyl (C=O) groups is 1. The number of carbonyl (C=O) groups excluding carboxylic acids is 1. The number of fused-ring (bicyclic) bond motifs is 1. The van der Waals surface area contributed by atoms with Crippen LogP contribution in [0.25, 0.3) is 0 Å². The van der Waals surface area contributed by atoms with Gasteiger partial charge in [0, 0.05) is 18.1 Å². The topological polar surface area (TPSA) is 74.8 Å². The lowest BCUT2D eigenvalue weighted by Gasteiger charge is -2.24. The number of aromatic amines is 1. The van der Waals surface area contributed by atoms with E-state index in [-0.39, 0.29) is 46.0 Å². The fourth-order valence-corrected chi connectivity index (χ4v) is 4.05. The first-order chi connectivity index (χ1) is 13.5. The van der Waals surface area contributed by atoms with Crippen LogP contribution in [0.2, 0.25) is 0 Å². The maximum Gasteiger partial charge on any atom is 0.257 e. The molecule has 2 aromatic carbocycles. The van der Waals surface area contributed by atoms with Gasteiger partial charge in [0.2, 0.25) is 5.91 Å². The van der Waals surface area contributed by atoms with Crippen molar-refractivity contribution in [2.45, 2.75) is 23.2 Å². The summed E-state index contributed by atoms with van der Waals surface area (Å²) in [6.07, 6.45) is -0.0413. The average molecular weight is 399 g/mol. The van der Waals surface area contributed by atoms with E-state index < -0.39 is 17.3 Å². The number of H-pyrrole nitrogens is 1. The molecule has 0 saturated carbocycles. The number of benzene rings is 2. The van der Waals surface area contributed by atoms with E-state index in [1.54, 1.807) is 36.4 Å². The molecule has 4 rings (SSSR count). The van der Waals surface area contributed by atoms with Crippen LogP contribution in [-0.4, -0.2) is 15.9 Å². The Morgan fingerprint density at radius 1 is 1.04 bits per heavy atom. The van der Waals surface area contributed by atoms with Crippen molar-refractivity contribution in [3.05, 3.63) is 87.2 Å². The number of anilines is 1. The molecule has 5 nitrogen and oxygen atoms in total. The van der Waals surface area contributed by atoms with Crippen LogP contribution in [0.4, 0.5) is 14.6 Å². The van der Waals surface area contributed by atoms with Crippen LogP contribution in [0.1, 0.15) is 29.0 Å². The molecule has 142 valence electrons. The third-order valence-electron chi connectivity index (χ3n) is 4.53. The first-order valence-corrected chi connectivity index (χ1v) is 9.56. The highest BCUT2D eigenvalue weighted by atomic mass is 32.2. The third kappa shape index (κ3) is 3.55. The Bertz CT molecular complexity index is 1120. The van der Waals surface area contributed by atoms with Crippen LogP contribution in [0.3, 0.4) is 0 Å². The van der Waals surface area contributed by atoms with E-state index in [1.807, 2.05) is 0 Å². The molecule has 0 fully saturated rings. The summed E-state index contributed by atoms with van der Waals surface area (Å²) in [5.74, 6) is -1.51. The molecule has 0 spiro atoms. The van der Waals surface area contributed by atoms with Crippen molar-refractivity contribution in [2.75, 3.05) is 5.32 Å². The minimum absolute atomic E-state index is 0.0413. The van der Waals surface area contributed by atoms with Crippen LogP contribution in [0, 0.1) is 11.6 Å². The minimum atomic E-state index is -0.716. The Hall–Kier alpha value is -3.00. The van der Waals surface area contributed by atoms with Crippen molar-refractivity contribution in [1.29, 1.82) is 0 Å². The molecule has 0 saturated heterocycles. The number of hydrogen-bond donors (Lipinski definition) is 2.